The Morgan fingerprint density at radius 2 is 2.27 bits per heavy atom. The Morgan fingerprint density at radius 1 is 1.50 bits per heavy atom. The molecular formula is C14H15N3O4S. The molecule has 2 aromatic rings. The minimum atomic E-state index is -0.547. The van der Waals surface area contributed by atoms with Crippen LogP contribution in [0.5, 0.6) is 5.75 Å². The van der Waals surface area contributed by atoms with E-state index in [1.807, 2.05) is 12.3 Å². The normalized spacial score (nSPS) is 10.3. The number of aromatic nitrogens is 1. The first-order valence-corrected chi connectivity index (χ1v) is 7.41. The number of benzene rings is 1. The van der Waals surface area contributed by atoms with Crippen molar-refractivity contribution in [3.8, 4) is 5.75 Å². The Balaban J connectivity index is 2.04. The van der Waals surface area contributed by atoms with Crippen LogP contribution < -0.4 is 10.1 Å². The van der Waals surface area contributed by atoms with Crippen LogP contribution in [-0.4, -0.2) is 29.5 Å². The summed E-state index contributed by atoms with van der Waals surface area (Å²) in [6.07, 6.45) is 0.604. The Labute approximate surface area is 131 Å². The van der Waals surface area contributed by atoms with Gasteiger partial charge in [0.1, 0.15) is 5.75 Å². The summed E-state index contributed by atoms with van der Waals surface area (Å²) in [5.74, 6) is -0.111. The fourth-order valence-electron chi connectivity index (χ4n) is 1.91. The molecule has 0 spiro atoms. The molecule has 0 saturated carbocycles. The molecule has 1 aromatic carbocycles. The van der Waals surface area contributed by atoms with Crippen LogP contribution in [0, 0.1) is 17.0 Å². The van der Waals surface area contributed by atoms with E-state index in [4.69, 9.17) is 4.74 Å². The second-order valence-corrected chi connectivity index (χ2v) is 5.57. The summed E-state index contributed by atoms with van der Waals surface area (Å²) in [5.41, 5.74) is 0.904. The third kappa shape index (κ3) is 3.79. The van der Waals surface area contributed by atoms with Gasteiger partial charge in [-0.2, -0.15) is 0 Å². The third-order valence-electron chi connectivity index (χ3n) is 2.97. The average molecular weight is 321 g/mol. The smallest absolute Gasteiger partial charge is 0.270 e. The van der Waals surface area contributed by atoms with Crippen LogP contribution in [0.15, 0.2) is 23.6 Å². The van der Waals surface area contributed by atoms with E-state index in [1.54, 1.807) is 11.3 Å². The first kappa shape index (κ1) is 15.9. The number of hydrogen-bond donors (Lipinski definition) is 1. The minimum Gasteiger partial charge on any atom is -0.496 e. The van der Waals surface area contributed by atoms with E-state index in [0.717, 1.165) is 10.7 Å². The highest BCUT2D eigenvalue weighted by molar-refractivity contribution is 7.09. The maximum Gasteiger partial charge on any atom is 0.270 e. The van der Waals surface area contributed by atoms with Crippen LogP contribution in [0.2, 0.25) is 0 Å². The fraction of sp³-hybridized carbons (Fsp3) is 0.286. The molecule has 0 aliphatic rings. The van der Waals surface area contributed by atoms with Gasteiger partial charge in [-0.3, -0.25) is 14.9 Å². The fourth-order valence-corrected chi connectivity index (χ4v) is 2.56. The molecule has 22 heavy (non-hydrogen) atoms. The van der Waals surface area contributed by atoms with Gasteiger partial charge in [0.2, 0.25) is 0 Å². The summed E-state index contributed by atoms with van der Waals surface area (Å²) in [6, 6.07) is 3.92. The Morgan fingerprint density at radius 3 is 2.86 bits per heavy atom. The van der Waals surface area contributed by atoms with Gasteiger partial charge >= 0.3 is 0 Å². The van der Waals surface area contributed by atoms with Crippen LogP contribution in [0.3, 0.4) is 0 Å². The van der Waals surface area contributed by atoms with Gasteiger partial charge in [0, 0.05) is 30.5 Å². The zero-order valence-corrected chi connectivity index (χ0v) is 13.0. The van der Waals surface area contributed by atoms with Gasteiger partial charge in [0.25, 0.3) is 11.6 Å². The highest BCUT2D eigenvalue weighted by Crippen LogP contribution is 2.23. The molecule has 0 unspecified atom stereocenters. The van der Waals surface area contributed by atoms with Gasteiger partial charge in [-0.1, -0.05) is 0 Å². The number of hydrogen-bond acceptors (Lipinski definition) is 6. The van der Waals surface area contributed by atoms with E-state index in [0.29, 0.717) is 18.7 Å². The van der Waals surface area contributed by atoms with E-state index in [-0.39, 0.29) is 11.3 Å². The van der Waals surface area contributed by atoms with Crippen molar-refractivity contribution in [2.75, 3.05) is 13.7 Å². The number of thiazole rings is 1. The quantitative estimate of drug-likeness (QED) is 0.651. The molecule has 0 aliphatic carbocycles. The van der Waals surface area contributed by atoms with Crippen LogP contribution in [0.25, 0.3) is 0 Å². The first-order valence-electron chi connectivity index (χ1n) is 6.53. The molecule has 0 fully saturated rings. The molecule has 2 rings (SSSR count). The first-order chi connectivity index (χ1) is 10.5. The number of aryl methyl sites for hydroxylation is 1. The largest absolute Gasteiger partial charge is 0.496 e. The lowest BCUT2D eigenvalue weighted by molar-refractivity contribution is -0.384. The number of nitrogens with one attached hydrogen (secondary N) is 1. The number of ether oxygens (including phenoxy) is 1. The SMILES string of the molecule is COc1ccc([N+](=O)[O-])cc1C(=O)NCCc1csc(C)n1. The topological polar surface area (TPSA) is 94.4 Å². The van der Waals surface area contributed by atoms with Crippen molar-refractivity contribution in [2.45, 2.75) is 13.3 Å². The molecule has 0 aliphatic heterocycles. The molecule has 1 N–H and O–H groups in total. The highest BCUT2D eigenvalue weighted by Gasteiger charge is 2.17. The second kappa shape index (κ2) is 6.99. The number of carbonyl (C=O) groups excluding carboxylic acids is 1. The van der Waals surface area contributed by atoms with Gasteiger partial charge in [-0.05, 0) is 13.0 Å². The van der Waals surface area contributed by atoms with Crippen LogP contribution in [-0.2, 0) is 6.42 Å². The second-order valence-electron chi connectivity index (χ2n) is 4.51. The monoisotopic (exact) mass is 321 g/mol. The average Bonchev–Trinajstić information content (AvgIpc) is 2.91. The van der Waals surface area contributed by atoms with E-state index < -0.39 is 10.8 Å². The van der Waals surface area contributed by atoms with Gasteiger partial charge in [-0.25, -0.2) is 4.98 Å². The summed E-state index contributed by atoms with van der Waals surface area (Å²) in [5, 5.41) is 16.4. The molecule has 0 bridgehead atoms. The van der Waals surface area contributed by atoms with Crippen molar-refractivity contribution in [2.24, 2.45) is 0 Å². The molecule has 1 aromatic heterocycles. The standard InChI is InChI=1S/C14H15N3O4S/c1-9-16-10(8-22-9)5-6-15-14(18)12-7-11(17(19)20)3-4-13(12)21-2/h3-4,7-8H,5-6H2,1-2H3,(H,15,18). The van der Waals surface area contributed by atoms with Crippen molar-refractivity contribution in [3.63, 3.8) is 0 Å². The van der Waals surface area contributed by atoms with E-state index in [1.165, 1.54) is 25.3 Å². The molecule has 1 amide bonds. The molecule has 1 heterocycles. The molecule has 7 nitrogen and oxygen atoms in total. The van der Waals surface area contributed by atoms with Gasteiger partial charge in [0.05, 0.1) is 28.3 Å². The predicted octanol–water partition coefficient (Wildman–Crippen LogP) is 2.34. The Bertz CT molecular complexity index is 699. The maximum absolute atomic E-state index is 12.2. The Hall–Kier alpha value is -2.48. The highest BCUT2D eigenvalue weighted by atomic mass is 32.1. The van der Waals surface area contributed by atoms with E-state index >= 15 is 0 Å². The van der Waals surface area contributed by atoms with Crippen LogP contribution >= 0.6 is 11.3 Å². The van der Waals surface area contributed by atoms with Crippen molar-refractivity contribution in [3.05, 3.63) is 50.0 Å². The Kier molecular flexibility index (Phi) is 5.05. The predicted molar refractivity (Wildman–Crippen MR) is 82.5 cm³/mol. The molecule has 116 valence electrons. The minimum absolute atomic E-state index is 0.145. The zero-order chi connectivity index (χ0) is 16.1. The van der Waals surface area contributed by atoms with Gasteiger partial charge in [-0.15, -0.1) is 11.3 Å². The number of methoxy groups -OCH3 is 1. The number of rotatable bonds is 6. The van der Waals surface area contributed by atoms with Crippen molar-refractivity contribution < 1.29 is 14.5 Å². The van der Waals surface area contributed by atoms with Gasteiger partial charge in [0.15, 0.2) is 0 Å². The summed E-state index contributed by atoms with van der Waals surface area (Å²) >= 11 is 1.55. The molecule has 0 saturated heterocycles. The lowest BCUT2D eigenvalue weighted by atomic mass is 10.1. The maximum atomic E-state index is 12.2. The number of amides is 1. The van der Waals surface area contributed by atoms with E-state index in [2.05, 4.69) is 10.3 Å². The van der Waals surface area contributed by atoms with Crippen molar-refractivity contribution in [1.29, 1.82) is 0 Å². The number of nitro groups is 1. The summed E-state index contributed by atoms with van der Waals surface area (Å²) in [7, 11) is 1.41. The summed E-state index contributed by atoms with van der Waals surface area (Å²) in [4.78, 5) is 26.7. The summed E-state index contributed by atoms with van der Waals surface area (Å²) < 4.78 is 5.08. The van der Waals surface area contributed by atoms with Crippen LogP contribution in [0.4, 0.5) is 5.69 Å². The number of carbonyl (C=O) groups is 1. The van der Waals surface area contributed by atoms with Crippen LogP contribution in [0.1, 0.15) is 21.1 Å². The number of nitrogens with zero attached hydrogens (tertiary/aromatic N) is 2. The lowest BCUT2D eigenvalue weighted by Gasteiger charge is -2.08. The van der Waals surface area contributed by atoms with Gasteiger partial charge < -0.3 is 10.1 Å². The number of nitro benzene ring substituents is 1. The number of non-ortho nitro benzene ring substituents is 1. The van der Waals surface area contributed by atoms with Crippen molar-refractivity contribution in [1.82, 2.24) is 10.3 Å². The zero-order valence-electron chi connectivity index (χ0n) is 12.2. The molecular weight excluding hydrogens is 306 g/mol. The van der Waals surface area contributed by atoms with Crippen molar-refractivity contribution >= 4 is 22.9 Å². The third-order valence-corrected chi connectivity index (χ3v) is 3.79. The van der Waals surface area contributed by atoms with E-state index in [9.17, 15) is 14.9 Å². The lowest BCUT2D eigenvalue weighted by Crippen LogP contribution is -2.26. The molecule has 8 heteroatoms. The summed E-state index contributed by atoms with van der Waals surface area (Å²) in [6.45, 7) is 2.31. The molecule has 0 atom stereocenters. The molecule has 0 radical (unpaired) electrons.